The number of alkyl halides is 5. The van der Waals surface area contributed by atoms with Gasteiger partial charge in [-0.2, -0.15) is 18.2 Å². The summed E-state index contributed by atoms with van der Waals surface area (Å²) >= 11 is 0. The summed E-state index contributed by atoms with van der Waals surface area (Å²) in [6.45, 7) is 0.456. The zero-order chi connectivity index (χ0) is 23.3. The van der Waals surface area contributed by atoms with Crippen molar-refractivity contribution >= 4 is 0 Å². The molecular weight excluding hydrogens is 438 g/mol. The van der Waals surface area contributed by atoms with E-state index in [-0.39, 0.29) is 17.6 Å². The highest BCUT2D eigenvalue weighted by atomic mass is 19.4. The number of ether oxygens (including phenoxy) is 1. The van der Waals surface area contributed by atoms with Gasteiger partial charge in [-0.25, -0.2) is 18.2 Å². The Morgan fingerprint density at radius 2 is 2.03 bits per heavy atom. The Balaban J connectivity index is 1.38. The molecule has 3 aliphatic rings. The number of halogens is 6. The van der Waals surface area contributed by atoms with Crippen LogP contribution in [-0.2, 0) is 13.1 Å². The van der Waals surface area contributed by atoms with Gasteiger partial charge < -0.3 is 10.5 Å². The Morgan fingerprint density at radius 3 is 2.72 bits per heavy atom. The monoisotopic (exact) mass is 462 g/mol. The second-order valence-corrected chi connectivity index (χ2v) is 8.84. The zero-order valence-corrected chi connectivity index (χ0v) is 17.4. The summed E-state index contributed by atoms with van der Waals surface area (Å²) in [5.41, 5.74) is 5.47. The number of hydrogen-bond donors (Lipinski definition) is 1. The van der Waals surface area contributed by atoms with Crippen molar-refractivity contribution in [3.8, 4) is 6.01 Å². The number of allylic oxidation sites excluding steroid dienone is 3. The van der Waals surface area contributed by atoms with E-state index in [1.807, 2.05) is 0 Å². The molecule has 0 saturated heterocycles. The lowest BCUT2D eigenvalue weighted by Crippen LogP contribution is -2.46. The highest BCUT2D eigenvalue weighted by molar-refractivity contribution is 5.38. The number of hydrogen-bond acceptors (Lipinski definition) is 5. The van der Waals surface area contributed by atoms with Gasteiger partial charge in [0.1, 0.15) is 5.83 Å². The normalized spacial score (nSPS) is 33.5. The first-order chi connectivity index (χ1) is 14.9. The molecule has 0 radical (unpaired) electrons. The Kier molecular flexibility index (Phi) is 6.00. The molecule has 2 N–H and O–H groups in total. The van der Waals surface area contributed by atoms with Crippen LogP contribution >= 0.6 is 0 Å². The first-order valence-corrected chi connectivity index (χ1v) is 10.4. The molecule has 2 heterocycles. The summed E-state index contributed by atoms with van der Waals surface area (Å²) in [4.78, 5) is 10.0. The van der Waals surface area contributed by atoms with Crippen molar-refractivity contribution in [3.05, 3.63) is 41.0 Å². The average molecular weight is 462 g/mol. The molecule has 1 aromatic rings. The Morgan fingerprint density at radius 1 is 1.28 bits per heavy atom. The van der Waals surface area contributed by atoms with Crippen LogP contribution in [0.1, 0.15) is 37.4 Å². The van der Waals surface area contributed by atoms with Crippen molar-refractivity contribution in [1.29, 1.82) is 0 Å². The van der Waals surface area contributed by atoms with Crippen LogP contribution < -0.4 is 10.5 Å². The molecule has 32 heavy (non-hydrogen) atoms. The van der Waals surface area contributed by atoms with Gasteiger partial charge >= 0.3 is 12.2 Å². The molecule has 4 unspecified atom stereocenters. The first kappa shape index (κ1) is 23.0. The first-order valence-electron chi connectivity index (χ1n) is 10.4. The Labute approximate surface area is 181 Å². The summed E-state index contributed by atoms with van der Waals surface area (Å²) < 4.78 is 84.2. The second-order valence-electron chi connectivity index (χ2n) is 8.84. The topological polar surface area (TPSA) is 64.3 Å². The lowest BCUT2D eigenvalue weighted by molar-refractivity contribution is -0.154. The minimum Gasteiger partial charge on any atom is -0.454 e. The van der Waals surface area contributed by atoms with Crippen molar-refractivity contribution in [2.24, 2.45) is 11.7 Å². The Hall–Kier alpha value is -2.14. The summed E-state index contributed by atoms with van der Waals surface area (Å²) in [6, 6.07) is -0.731. The van der Waals surface area contributed by atoms with Crippen molar-refractivity contribution < 1.29 is 31.1 Å². The van der Waals surface area contributed by atoms with Crippen LogP contribution in [0, 0.1) is 5.92 Å². The van der Waals surface area contributed by atoms with Crippen molar-refractivity contribution in [3.63, 3.8) is 0 Å². The third-order valence-electron chi connectivity index (χ3n) is 6.36. The van der Waals surface area contributed by atoms with Gasteiger partial charge in [-0.3, -0.25) is 4.90 Å². The van der Waals surface area contributed by atoms with Crippen LogP contribution in [0.25, 0.3) is 0 Å². The maximum absolute atomic E-state index is 14.4. The van der Waals surface area contributed by atoms with Crippen LogP contribution in [0.4, 0.5) is 26.3 Å². The van der Waals surface area contributed by atoms with Gasteiger partial charge in [0.2, 0.25) is 0 Å². The highest BCUT2D eigenvalue weighted by Gasteiger charge is 2.42. The predicted octanol–water partition coefficient (Wildman–Crippen LogP) is 4.09. The van der Waals surface area contributed by atoms with E-state index >= 15 is 0 Å². The molecule has 1 saturated carbocycles. The highest BCUT2D eigenvalue weighted by Crippen LogP contribution is 2.41. The Bertz CT molecular complexity index is 931. The van der Waals surface area contributed by atoms with Crippen molar-refractivity contribution in [2.45, 2.75) is 69.4 Å². The van der Waals surface area contributed by atoms with E-state index in [1.165, 1.54) is 6.20 Å². The predicted molar refractivity (Wildman–Crippen MR) is 104 cm³/mol. The summed E-state index contributed by atoms with van der Waals surface area (Å²) in [6.07, 6.45) is -1.58. The van der Waals surface area contributed by atoms with Gasteiger partial charge in [0.25, 0.3) is 0 Å². The van der Waals surface area contributed by atoms with Gasteiger partial charge in [0.05, 0.1) is 5.69 Å². The van der Waals surface area contributed by atoms with Crippen LogP contribution in [0.5, 0.6) is 6.01 Å². The van der Waals surface area contributed by atoms with E-state index in [0.29, 0.717) is 44.1 Å². The number of rotatable bonds is 4. The fourth-order valence-electron chi connectivity index (χ4n) is 4.65. The molecular formula is C21H24F6N4O. The van der Waals surface area contributed by atoms with Crippen molar-refractivity contribution in [1.82, 2.24) is 14.9 Å². The van der Waals surface area contributed by atoms with E-state index < -0.39 is 42.4 Å². The fraction of sp³-hybridized carbons (Fsp3) is 0.619. The molecule has 176 valence electrons. The number of fused-ring (bicyclic) bond motifs is 1. The minimum absolute atomic E-state index is 0.0406. The second kappa shape index (κ2) is 8.33. The van der Waals surface area contributed by atoms with Crippen LogP contribution in [0.3, 0.4) is 0 Å². The molecule has 1 aromatic heterocycles. The molecule has 4 rings (SSSR count). The summed E-state index contributed by atoms with van der Waals surface area (Å²) in [5.74, 6) is -1.18. The lowest BCUT2D eigenvalue weighted by Gasteiger charge is -2.40. The maximum Gasteiger partial charge on any atom is 0.422 e. The smallest absolute Gasteiger partial charge is 0.422 e. The number of nitrogens with zero attached hydrogens (tertiary/aromatic N) is 3. The molecule has 0 aromatic carbocycles. The third kappa shape index (κ3) is 4.78. The average Bonchev–Trinajstić information content (AvgIpc) is 3.12. The molecule has 0 amide bonds. The van der Waals surface area contributed by atoms with Crippen LogP contribution in [-0.4, -0.2) is 51.6 Å². The van der Waals surface area contributed by atoms with E-state index in [2.05, 4.69) is 19.6 Å². The molecule has 5 atom stereocenters. The summed E-state index contributed by atoms with van der Waals surface area (Å²) in [7, 11) is 0. The van der Waals surface area contributed by atoms with Crippen LogP contribution in [0.2, 0.25) is 0 Å². The summed E-state index contributed by atoms with van der Waals surface area (Å²) in [5, 5.41) is 0. The van der Waals surface area contributed by atoms with Gasteiger partial charge in [0.15, 0.2) is 18.4 Å². The standard InChI is InChI=1S/C21H24F6N4O/c1-20(24)6-15(22)14(5-18(20)23)13-3-2-12(4-16(13)28)31-8-11-7-29-19(30-17(11)9-31)32-10-21(25,26)27/h5-7,12-13,16,18H,2-4,8-10,28H2,1H3/t12-,13?,16?,18?,20?/m0/s1. The largest absolute Gasteiger partial charge is 0.454 e. The van der Waals surface area contributed by atoms with Gasteiger partial charge in [-0.1, -0.05) is 0 Å². The molecule has 1 fully saturated rings. The third-order valence-corrected chi connectivity index (χ3v) is 6.36. The maximum atomic E-state index is 14.4. The number of aromatic nitrogens is 2. The number of nitrogens with two attached hydrogens (primary N) is 1. The van der Waals surface area contributed by atoms with E-state index in [4.69, 9.17) is 5.73 Å². The van der Waals surface area contributed by atoms with E-state index in [1.54, 1.807) is 0 Å². The quantitative estimate of drug-likeness (QED) is 0.683. The van der Waals surface area contributed by atoms with E-state index in [9.17, 15) is 26.3 Å². The van der Waals surface area contributed by atoms with Gasteiger partial charge in [0, 0.05) is 42.9 Å². The molecule has 5 nitrogen and oxygen atoms in total. The SMILES string of the molecule is CC1(F)C=C(F)C(C2CC[C@H](N3Cc4cnc(OCC(F)(F)F)nc4C3)CC2N)=CC1F. The molecule has 2 aliphatic carbocycles. The zero-order valence-electron chi connectivity index (χ0n) is 17.4. The molecule has 11 heteroatoms. The van der Waals surface area contributed by atoms with E-state index in [0.717, 1.165) is 18.6 Å². The van der Waals surface area contributed by atoms with Crippen molar-refractivity contribution in [2.75, 3.05) is 6.61 Å². The van der Waals surface area contributed by atoms with Crippen LogP contribution in [0.15, 0.2) is 29.7 Å². The fourth-order valence-corrected chi connectivity index (χ4v) is 4.65. The minimum atomic E-state index is -4.48. The molecule has 0 bridgehead atoms. The molecule has 0 spiro atoms. The molecule has 1 aliphatic heterocycles. The lowest BCUT2D eigenvalue weighted by atomic mass is 9.75. The van der Waals surface area contributed by atoms with Gasteiger partial charge in [-0.05, 0) is 43.9 Å². The van der Waals surface area contributed by atoms with Gasteiger partial charge in [-0.15, -0.1) is 0 Å².